The van der Waals surface area contributed by atoms with E-state index in [1.54, 1.807) is 23.9 Å². The van der Waals surface area contributed by atoms with Crippen LogP contribution in [-0.2, 0) is 0 Å². The van der Waals surface area contributed by atoms with Crippen molar-refractivity contribution in [3.05, 3.63) is 96.1 Å². The molecule has 2 saturated heterocycles. The first-order chi connectivity index (χ1) is 28.2. The molecule has 2 heterocycles. The van der Waals surface area contributed by atoms with Crippen molar-refractivity contribution < 1.29 is 10.0 Å². The third-order valence-corrected chi connectivity index (χ3v) is 10.6. The molecule has 0 saturated carbocycles. The van der Waals surface area contributed by atoms with E-state index in [-0.39, 0.29) is 11.8 Å². The number of nitrogens with zero attached hydrogens (tertiary/aromatic N) is 6. The number of rotatable bonds is 10. The summed E-state index contributed by atoms with van der Waals surface area (Å²) in [4.78, 5) is 7.55. The highest BCUT2D eigenvalue weighted by Crippen LogP contribution is 2.37. The minimum absolute atomic E-state index is 0.118. The van der Waals surface area contributed by atoms with Crippen molar-refractivity contribution in [1.29, 1.82) is 32.2 Å². The number of nitrogens with one attached hydrogen (secondary N) is 4. The summed E-state index contributed by atoms with van der Waals surface area (Å²) in [6.07, 6.45) is 5.58. The molecule has 0 aliphatic carbocycles. The largest absolute Gasteiger partial charge is 0.450 e. The van der Waals surface area contributed by atoms with Gasteiger partial charge in [0.1, 0.15) is 23.8 Å². The predicted octanol–water partition coefficient (Wildman–Crippen LogP) is 5.42. The van der Waals surface area contributed by atoms with Crippen LogP contribution in [0.1, 0.15) is 50.7 Å². The van der Waals surface area contributed by atoms with Crippen molar-refractivity contribution in [3.63, 3.8) is 0 Å². The molecule has 4 aromatic rings. The molecule has 6 rings (SSSR count). The fourth-order valence-corrected chi connectivity index (χ4v) is 7.42. The Labute approximate surface area is 344 Å². The molecule has 0 amide bonds. The van der Waals surface area contributed by atoms with E-state index in [1.807, 2.05) is 98.8 Å². The number of hydrogen-bond donors (Lipinski definition) is 6. The lowest BCUT2D eigenvalue weighted by Crippen LogP contribution is -2.41. The summed E-state index contributed by atoms with van der Waals surface area (Å²) in [7, 11) is 5.61. The van der Waals surface area contributed by atoms with Crippen molar-refractivity contribution >= 4 is 61.6 Å². The molecule has 58 heavy (non-hydrogen) atoms. The van der Waals surface area contributed by atoms with Gasteiger partial charge >= 0.3 is 15.0 Å². The van der Waals surface area contributed by atoms with E-state index in [4.69, 9.17) is 26.7 Å². The number of benzene rings is 4. The van der Waals surface area contributed by atoms with Crippen molar-refractivity contribution in [3.8, 4) is 34.4 Å². The van der Waals surface area contributed by atoms with E-state index in [0.29, 0.717) is 28.3 Å². The monoisotopic (exact) mass is 774 g/mol. The molecule has 2 aliphatic rings. The van der Waals surface area contributed by atoms with Crippen LogP contribution in [-0.4, -0.2) is 99.4 Å². The Bertz CT molecular complexity index is 2120. The Balaban J connectivity index is 0.000000246. The molecule has 296 valence electrons. The van der Waals surface area contributed by atoms with Crippen LogP contribution in [0.5, 0.6) is 0 Å². The molecule has 0 spiro atoms. The first-order valence-electron chi connectivity index (χ1n) is 19.5. The van der Waals surface area contributed by atoms with Gasteiger partial charge in [-0.05, 0) is 48.9 Å². The average Bonchev–Trinajstić information content (AvgIpc) is 3.30. The highest BCUT2D eigenvalue weighted by Gasteiger charge is 2.28. The molecule has 0 unspecified atom stereocenters. The second-order valence-corrected chi connectivity index (χ2v) is 13.9. The number of para-hydroxylation sites is 2. The van der Waals surface area contributed by atoms with Crippen LogP contribution in [0.25, 0.3) is 22.3 Å². The maximum Gasteiger partial charge on any atom is 0.326 e. The summed E-state index contributed by atoms with van der Waals surface area (Å²) in [5.74, 6) is 1.18. The van der Waals surface area contributed by atoms with Crippen molar-refractivity contribution in [2.45, 2.75) is 39.5 Å². The standard InChI is InChI=1S/2C21H23BN5O.C2H6/c1-26(14-24)21(25)15-8-10-27(11-9-15)20-17(13-23)5-3-7-19(20)16-4-2-6-18(12-16)22-28;1-26(14-24)21(25)16-9-11-27(12-10-16)20-17(13-23)3-2-4-19(20)15-5-7-18(22-28)8-6-15;1-2/h2-7,12,14-15,24-25,28H,8-11H2,1H3;2-8,14,16,24-25,28H,9-12H2,1H3;1-2H3. The zero-order valence-corrected chi connectivity index (χ0v) is 33.8. The van der Waals surface area contributed by atoms with Crippen molar-refractivity contribution in [2.75, 3.05) is 50.1 Å². The van der Waals surface area contributed by atoms with Crippen LogP contribution >= 0.6 is 0 Å². The number of nitriles is 2. The normalized spacial score (nSPS) is 13.9. The van der Waals surface area contributed by atoms with E-state index >= 15 is 0 Å². The summed E-state index contributed by atoms with van der Waals surface area (Å²) in [6.45, 7) is 7.01. The van der Waals surface area contributed by atoms with Crippen molar-refractivity contribution in [2.24, 2.45) is 11.8 Å². The van der Waals surface area contributed by atoms with E-state index in [0.717, 1.165) is 106 Å². The van der Waals surface area contributed by atoms with Crippen LogP contribution in [0, 0.1) is 56.1 Å². The van der Waals surface area contributed by atoms with Gasteiger partial charge in [-0.3, -0.25) is 21.6 Å². The third kappa shape index (κ3) is 10.6. The average molecular weight is 775 g/mol. The Hall–Kier alpha value is -6.21. The Morgan fingerprint density at radius 3 is 1.45 bits per heavy atom. The van der Waals surface area contributed by atoms with Gasteiger partial charge in [-0.1, -0.05) is 97.6 Å². The van der Waals surface area contributed by atoms with Gasteiger partial charge in [0.25, 0.3) is 0 Å². The fourth-order valence-electron chi connectivity index (χ4n) is 7.42. The second kappa shape index (κ2) is 21.9. The van der Waals surface area contributed by atoms with Crippen LogP contribution < -0.4 is 20.7 Å². The van der Waals surface area contributed by atoms with E-state index in [1.165, 1.54) is 12.7 Å². The molecule has 6 N–H and O–H groups in total. The summed E-state index contributed by atoms with van der Waals surface area (Å²) < 4.78 is 0. The SMILES string of the molecule is CC.CN(C=N)C(=N)C1CCN(c2c(C#N)cccc2-c2ccc([B]O)cc2)CC1.CN(C=N)C(=N)C1CCN(c2c(C#N)cccc2-c2cccc([B]O)c2)CC1. The topological polar surface area (TPSA) is 196 Å². The molecule has 2 fully saturated rings. The van der Waals surface area contributed by atoms with Gasteiger partial charge in [0.05, 0.1) is 35.2 Å². The smallest absolute Gasteiger partial charge is 0.326 e. The van der Waals surface area contributed by atoms with Crippen LogP contribution in [0.3, 0.4) is 0 Å². The summed E-state index contributed by atoms with van der Waals surface area (Å²) in [5.41, 5.74) is 8.46. The predicted molar refractivity (Wildman–Crippen MR) is 238 cm³/mol. The molecule has 0 aromatic heterocycles. The van der Waals surface area contributed by atoms with Gasteiger partial charge in [0, 0.05) is 63.2 Å². The number of anilines is 2. The lowest BCUT2D eigenvalue weighted by molar-refractivity contribution is 0.473. The minimum Gasteiger partial charge on any atom is -0.450 e. The Morgan fingerprint density at radius 2 is 1.05 bits per heavy atom. The summed E-state index contributed by atoms with van der Waals surface area (Å²) in [5, 5.41) is 69.0. The van der Waals surface area contributed by atoms with Gasteiger partial charge < -0.3 is 29.6 Å². The number of hydrogen-bond acceptors (Lipinski definition) is 10. The van der Waals surface area contributed by atoms with Crippen LogP contribution in [0.4, 0.5) is 11.4 Å². The van der Waals surface area contributed by atoms with Gasteiger partial charge in [-0.2, -0.15) is 10.5 Å². The van der Waals surface area contributed by atoms with Gasteiger partial charge in [0.2, 0.25) is 0 Å². The molecular formula is C44H52B2N10O2. The Kier molecular flexibility index (Phi) is 16.8. The molecule has 2 aliphatic heterocycles. The van der Waals surface area contributed by atoms with Gasteiger partial charge in [-0.15, -0.1) is 0 Å². The molecule has 4 aromatic carbocycles. The molecule has 0 atom stereocenters. The number of amidine groups is 2. The van der Waals surface area contributed by atoms with E-state index < -0.39 is 0 Å². The van der Waals surface area contributed by atoms with E-state index in [2.05, 4.69) is 21.9 Å². The molecule has 0 bridgehead atoms. The van der Waals surface area contributed by atoms with Crippen LogP contribution in [0.2, 0.25) is 0 Å². The summed E-state index contributed by atoms with van der Waals surface area (Å²) >= 11 is 0. The zero-order valence-electron chi connectivity index (χ0n) is 33.8. The van der Waals surface area contributed by atoms with Gasteiger partial charge in [-0.25, -0.2) is 0 Å². The van der Waals surface area contributed by atoms with Crippen LogP contribution in [0.15, 0.2) is 84.9 Å². The van der Waals surface area contributed by atoms with Gasteiger partial charge in [0.15, 0.2) is 0 Å². The lowest BCUT2D eigenvalue weighted by atomic mass is 9.85. The Morgan fingerprint density at radius 1 is 0.638 bits per heavy atom. The molecule has 12 nitrogen and oxygen atoms in total. The molecular weight excluding hydrogens is 722 g/mol. The highest BCUT2D eigenvalue weighted by atomic mass is 16.2. The summed E-state index contributed by atoms with van der Waals surface area (Å²) in [6, 6.07) is 31.3. The van der Waals surface area contributed by atoms with Crippen molar-refractivity contribution in [1.82, 2.24) is 9.80 Å². The highest BCUT2D eigenvalue weighted by molar-refractivity contribution is 6.46. The minimum atomic E-state index is 0.118. The fraction of sp³-hybridized carbons (Fsp3) is 0.318. The first-order valence-corrected chi connectivity index (χ1v) is 19.5. The maximum absolute atomic E-state index is 9.68. The third-order valence-electron chi connectivity index (χ3n) is 10.6. The van der Waals surface area contributed by atoms with E-state index in [9.17, 15) is 15.5 Å². The number of piperidine rings is 2. The lowest BCUT2D eigenvalue weighted by Gasteiger charge is -2.36. The first kappa shape index (κ1) is 44.5. The quantitative estimate of drug-likeness (QED) is 0.0698. The zero-order chi connectivity index (χ0) is 42.2. The maximum atomic E-state index is 9.68. The molecule has 2 radical (unpaired) electrons. The second-order valence-electron chi connectivity index (χ2n) is 13.9. The molecule has 14 heteroatoms.